The van der Waals surface area contributed by atoms with Crippen molar-refractivity contribution < 1.29 is 9.53 Å². The van der Waals surface area contributed by atoms with Crippen LogP contribution in [0.1, 0.15) is 18.4 Å². The number of anilines is 1. The van der Waals surface area contributed by atoms with Crippen molar-refractivity contribution in [3.63, 3.8) is 0 Å². The molecule has 1 heterocycles. The van der Waals surface area contributed by atoms with E-state index >= 15 is 0 Å². The maximum Gasteiger partial charge on any atom is 0.227 e. The Morgan fingerprint density at radius 3 is 2.44 bits per heavy atom. The minimum atomic E-state index is 0.0500. The van der Waals surface area contributed by atoms with E-state index in [0.717, 1.165) is 24.1 Å². The number of ether oxygens (including phenoxy) is 1. The maximum absolute atomic E-state index is 12.0. The second-order valence-electron chi connectivity index (χ2n) is 4.32. The van der Waals surface area contributed by atoms with Gasteiger partial charge in [0.25, 0.3) is 0 Å². The second kappa shape index (κ2) is 5.93. The van der Waals surface area contributed by atoms with Crippen molar-refractivity contribution in [3.8, 4) is 0 Å². The number of hydrogen-bond acceptors (Lipinski definition) is 3. The number of rotatable bonds is 3. The van der Waals surface area contributed by atoms with Gasteiger partial charge < -0.3 is 15.8 Å². The van der Waals surface area contributed by atoms with Crippen LogP contribution in [0.15, 0.2) is 24.3 Å². The highest BCUT2D eigenvalue weighted by atomic mass is 32.1. The number of carbonyl (C=O) groups is 1. The van der Waals surface area contributed by atoms with Gasteiger partial charge in [0, 0.05) is 30.4 Å². The summed E-state index contributed by atoms with van der Waals surface area (Å²) < 4.78 is 5.23. The smallest absolute Gasteiger partial charge is 0.227 e. The fraction of sp³-hybridized carbons (Fsp3) is 0.385. The molecular weight excluding hydrogens is 248 g/mol. The molecule has 1 saturated heterocycles. The molecule has 1 amide bonds. The average molecular weight is 264 g/mol. The third kappa shape index (κ3) is 3.27. The highest BCUT2D eigenvalue weighted by Gasteiger charge is 2.21. The van der Waals surface area contributed by atoms with E-state index in [1.807, 2.05) is 24.3 Å². The summed E-state index contributed by atoms with van der Waals surface area (Å²) in [4.78, 5) is 12.3. The zero-order valence-electron chi connectivity index (χ0n) is 10.0. The van der Waals surface area contributed by atoms with Crippen LogP contribution in [0.4, 0.5) is 5.69 Å². The molecule has 5 heteroatoms. The van der Waals surface area contributed by atoms with Gasteiger partial charge in [0.15, 0.2) is 0 Å². The molecule has 0 unspecified atom stereocenters. The van der Waals surface area contributed by atoms with E-state index in [2.05, 4.69) is 5.32 Å². The maximum atomic E-state index is 12.0. The predicted molar refractivity (Wildman–Crippen MR) is 74.5 cm³/mol. The first-order valence-electron chi connectivity index (χ1n) is 5.95. The first kappa shape index (κ1) is 13.0. The molecule has 1 aromatic carbocycles. The van der Waals surface area contributed by atoms with Crippen molar-refractivity contribution in [3.05, 3.63) is 29.8 Å². The van der Waals surface area contributed by atoms with Crippen molar-refractivity contribution in [2.24, 2.45) is 11.7 Å². The van der Waals surface area contributed by atoms with E-state index < -0.39 is 0 Å². The molecule has 1 aliphatic heterocycles. The van der Waals surface area contributed by atoms with Gasteiger partial charge in [-0.05, 0) is 37.1 Å². The summed E-state index contributed by atoms with van der Waals surface area (Å²) in [6.45, 7) is 1.33. The SMILES string of the molecule is NC(=S)c1ccc(NC(=O)C2CCOCC2)cc1. The van der Waals surface area contributed by atoms with Crippen LogP contribution in [-0.4, -0.2) is 24.1 Å². The van der Waals surface area contributed by atoms with Gasteiger partial charge in [-0.3, -0.25) is 4.79 Å². The molecule has 96 valence electrons. The van der Waals surface area contributed by atoms with E-state index in [-0.39, 0.29) is 11.8 Å². The first-order chi connectivity index (χ1) is 8.66. The van der Waals surface area contributed by atoms with Crippen LogP contribution in [0.5, 0.6) is 0 Å². The number of carbonyl (C=O) groups excluding carboxylic acids is 1. The molecule has 0 atom stereocenters. The van der Waals surface area contributed by atoms with Crippen molar-refractivity contribution in [1.82, 2.24) is 0 Å². The van der Waals surface area contributed by atoms with Gasteiger partial charge in [0.1, 0.15) is 4.99 Å². The molecule has 0 saturated carbocycles. The third-order valence-electron chi connectivity index (χ3n) is 3.03. The van der Waals surface area contributed by atoms with Crippen LogP contribution in [0, 0.1) is 5.92 Å². The van der Waals surface area contributed by atoms with Crippen LogP contribution >= 0.6 is 12.2 Å². The summed E-state index contributed by atoms with van der Waals surface area (Å²) >= 11 is 4.87. The normalized spacial score (nSPS) is 16.2. The standard InChI is InChI=1S/C13H16N2O2S/c14-12(18)9-1-3-11(4-2-9)15-13(16)10-5-7-17-8-6-10/h1-4,10H,5-8H2,(H2,14,18)(H,15,16). The summed E-state index contributed by atoms with van der Waals surface area (Å²) in [5, 5.41) is 2.90. The quantitative estimate of drug-likeness (QED) is 0.815. The molecule has 0 spiro atoms. The van der Waals surface area contributed by atoms with E-state index in [1.54, 1.807) is 0 Å². The second-order valence-corrected chi connectivity index (χ2v) is 4.76. The fourth-order valence-corrected chi connectivity index (χ4v) is 2.06. The van der Waals surface area contributed by atoms with Crippen molar-refractivity contribution >= 4 is 28.8 Å². The number of benzene rings is 1. The zero-order chi connectivity index (χ0) is 13.0. The molecule has 4 nitrogen and oxygen atoms in total. The predicted octanol–water partition coefficient (Wildman–Crippen LogP) is 1.69. The molecule has 0 aliphatic carbocycles. The summed E-state index contributed by atoms with van der Waals surface area (Å²) in [5.41, 5.74) is 7.08. The van der Waals surface area contributed by atoms with Crippen LogP contribution in [0.3, 0.4) is 0 Å². The summed E-state index contributed by atoms with van der Waals surface area (Å²) in [6.07, 6.45) is 1.58. The number of nitrogens with two attached hydrogens (primary N) is 1. The van der Waals surface area contributed by atoms with Gasteiger partial charge in [-0.2, -0.15) is 0 Å². The molecule has 1 aromatic rings. The van der Waals surface area contributed by atoms with Crippen molar-refractivity contribution in [2.45, 2.75) is 12.8 Å². The van der Waals surface area contributed by atoms with Gasteiger partial charge in [0.05, 0.1) is 0 Å². The molecule has 0 aromatic heterocycles. The Kier molecular flexibility index (Phi) is 4.28. The van der Waals surface area contributed by atoms with Gasteiger partial charge in [-0.15, -0.1) is 0 Å². The van der Waals surface area contributed by atoms with Gasteiger partial charge in [-0.25, -0.2) is 0 Å². The van der Waals surface area contributed by atoms with Crippen molar-refractivity contribution in [1.29, 1.82) is 0 Å². The zero-order valence-corrected chi connectivity index (χ0v) is 10.8. The van der Waals surface area contributed by atoms with E-state index in [4.69, 9.17) is 22.7 Å². The topological polar surface area (TPSA) is 64.3 Å². The Hall–Kier alpha value is -1.46. The number of amides is 1. The number of thiocarbonyl (C=S) groups is 1. The Morgan fingerprint density at radius 1 is 1.28 bits per heavy atom. The van der Waals surface area contributed by atoms with Crippen LogP contribution in [-0.2, 0) is 9.53 Å². The average Bonchev–Trinajstić information content (AvgIpc) is 2.40. The Balaban J connectivity index is 1.96. The lowest BCUT2D eigenvalue weighted by Crippen LogP contribution is -2.28. The lowest BCUT2D eigenvalue weighted by Gasteiger charge is -2.21. The summed E-state index contributed by atoms with van der Waals surface area (Å²) in [7, 11) is 0. The summed E-state index contributed by atoms with van der Waals surface area (Å²) in [5.74, 6) is 0.107. The molecule has 1 fully saturated rings. The molecule has 0 bridgehead atoms. The Bertz CT molecular complexity index is 439. The fourth-order valence-electron chi connectivity index (χ4n) is 1.92. The van der Waals surface area contributed by atoms with Crippen LogP contribution < -0.4 is 11.1 Å². The van der Waals surface area contributed by atoms with Gasteiger partial charge in [-0.1, -0.05) is 12.2 Å². The number of nitrogens with one attached hydrogen (secondary N) is 1. The largest absolute Gasteiger partial charge is 0.389 e. The highest BCUT2D eigenvalue weighted by Crippen LogP contribution is 2.18. The van der Waals surface area contributed by atoms with E-state index in [9.17, 15) is 4.79 Å². The van der Waals surface area contributed by atoms with Gasteiger partial charge in [0.2, 0.25) is 5.91 Å². The minimum absolute atomic E-state index is 0.0500. The third-order valence-corrected chi connectivity index (χ3v) is 3.26. The lowest BCUT2D eigenvalue weighted by molar-refractivity contribution is -0.122. The first-order valence-corrected chi connectivity index (χ1v) is 6.36. The van der Waals surface area contributed by atoms with Crippen LogP contribution in [0.2, 0.25) is 0 Å². The Morgan fingerprint density at radius 2 is 1.89 bits per heavy atom. The molecule has 1 aliphatic rings. The van der Waals surface area contributed by atoms with E-state index in [0.29, 0.717) is 18.2 Å². The summed E-state index contributed by atoms with van der Waals surface area (Å²) in [6, 6.07) is 7.24. The van der Waals surface area contributed by atoms with Gasteiger partial charge >= 0.3 is 0 Å². The van der Waals surface area contributed by atoms with Crippen molar-refractivity contribution in [2.75, 3.05) is 18.5 Å². The minimum Gasteiger partial charge on any atom is -0.389 e. The molecule has 18 heavy (non-hydrogen) atoms. The highest BCUT2D eigenvalue weighted by molar-refractivity contribution is 7.80. The van der Waals surface area contributed by atoms with Crippen LogP contribution in [0.25, 0.3) is 0 Å². The van der Waals surface area contributed by atoms with E-state index in [1.165, 1.54) is 0 Å². The monoisotopic (exact) mass is 264 g/mol. The molecule has 3 N–H and O–H groups in total. The molecular formula is C13H16N2O2S. The lowest BCUT2D eigenvalue weighted by atomic mass is 9.99. The Labute approximate surface area is 112 Å². The molecule has 0 radical (unpaired) electrons. The molecule has 2 rings (SSSR count). The number of hydrogen-bond donors (Lipinski definition) is 2.